The monoisotopic (exact) mass is 322 g/mol. The lowest BCUT2D eigenvalue weighted by Crippen LogP contribution is -2.38. The molecule has 2 amide bonds. The second-order valence-corrected chi connectivity index (χ2v) is 5.12. The first-order valence-electron chi connectivity index (χ1n) is 7.08. The molecule has 0 aromatic heterocycles. The number of nitrogens with one attached hydrogen (secondary N) is 1. The number of hydrogen-bond acceptors (Lipinski definition) is 6. The predicted octanol–water partition coefficient (Wildman–Crippen LogP) is 0.260. The molecular weight excluding hydrogens is 307 g/mol. The summed E-state index contributed by atoms with van der Waals surface area (Å²) in [5.41, 5.74) is 0.249. The topological polar surface area (TPSA) is 88.1 Å². The van der Waals surface area contributed by atoms with Gasteiger partial charge in [0, 0.05) is 12.1 Å². The van der Waals surface area contributed by atoms with E-state index < -0.39 is 17.6 Å². The number of hydrogen-bond donors (Lipinski definition) is 2. The molecule has 8 heteroatoms. The standard InChI is InChI=1S/C15H15FN2O5/c16-9-1-2-13(23-10-7-22-8-10)11(5-9)17-12-6-14(20)18(3-4-19)15(12)21/h1-2,5-6,10,17,19H,3-4,7-8H2. The van der Waals surface area contributed by atoms with Crippen LogP contribution in [0.2, 0.25) is 0 Å². The Balaban J connectivity index is 1.79. The third-order valence-corrected chi connectivity index (χ3v) is 3.45. The van der Waals surface area contributed by atoms with E-state index in [0.717, 1.165) is 11.0 Å². The van der Waals surface area contributed by atoms with Gasteiger partial charge in [0.25, 0.3) is 11.8 Å². The fourth-order valence-corrected chi connectivity index (χ4v) is 2.22. The average Bonchev–Trinajstić information content (AvgIpc) is 2.73. The van der Waals surface area contributed by atoms with Crippen LogP contribution in [0.5, 0.6) is 5.75 Å². The van der Waals surface area contributed by atoms with E-state index in [1.54, 1.807) is 0 Å². The molecule has 7 nitrogen and oxygen atoms in total. The molecular formula is C15H15FN2O5. The van der Waals surface area contributed by atoms with Crippen molar-refractivity contribution in [3.63, 3.8) is 0 Å². The lowest BCUT2D eigenvalue weighted by Gasteiger charge is -2.27. The molecule has 3 rings (SSSR count). The van der Waals surface area contributed by atoms with Crippen molar-refractivity contribution in [2.45, 2.75) is 6.10 Å². The summed E-state index contributed by atoms with van der Waals surface area (Å²) in [4.78, 5) is 24.7. The number of carbonyl (C=O) groups is 2. The van der Waals surface area contributed by atoms with E-state index in [2.05, 4.69) is 5.32 Å². The fraction of sp³-hybridized carbons (Fsp3) is 0.333. The van der Waals surface area contributed by atoms with Crippen LogP contribution in [0.3, 0.4) is 0 Å². The highest BCUT2D eigenvalue weighted by Gasteiger charge is 2.31. The Labute approximate surface area is 131 Å². The van der Waals surface area contributed by atoms with Gasteiger partial charge in [-0.2, -0.15) is 0 Å². The van der Waals surface area contributed by atoms with Crippen molar-refractivity contribution >= 4 is 17.5 Å². The highest BCUT2D eigenvalue weighted by atomic mass is 19.1. The van der Waals surface area contributed by atoms with Crippen molar-refractivity contribution < 1.29 is 28.6 Å². The van der Waals surface area contributed by atoms with E-state index in [1.165, 1.54) is 18.2 Å². The summed E-state index contributed by atoms with van der Waals surface area (Å²) in [6.07, 6.45) is 0.987. The van der Waals surface area contributed by atoms with Crippen molar-refractivity contribution in [1.82, 2.24) is 4.90 Å². The third-order valence-electron chi connectivity index (χ3n) is 3.45. The van der Waals surface area contributed by atoms with Gasteiger partial charge < -0.3 is 19.9 Å². The van der Waals surface area contributed by atoms with Crippen LogP contribution in [0.15, 0.2) is 30.0 Å². The zero-order valence-electron chi connectivity index (χ0n) is 12.1. The molecule has 0 atom stereocenters. The normalized spacial score (nSPS) is 18.0. The lowest BCUT2D eigenvalue weighted by molar-refractivity contribution is -0.137. The van der Waals surface area contributed by atoms with Crippen LogP contribution in [-0.2, 0) is 14.3 Å². The number of rotatable bonds is 6. The molecule has 0 unspecified atom stereocenters. The Morgan fingerprint density at radius 1 is 1.39 bits per heavy atom. The summed E-state index contributed by atoms with van der Waals surface area (Å²) in [6.45, 7) is 0.474. The number of aliphatic hydroxyl groups excluding tert-OH is 1. The zero-order chi connectivity index (χ0) is 16.4. The van der Waals surface area contributed by atoms with Gasteiger partial charge in [-0.1, -0.05) is 0 Å². The first kappa shape index (κ1) is 15.4. The number of benzene rings is 1. The highest BCUT2D eigenvalue weighted by molar-refractivity contribution is 6.17. The van der Waals surface area contributed by atoms with E-state index in [4.69, 9.17) is 14.6 Å². The van der Waals surface area contributed by atoms with Gasteiger partial charge in [0.1, 0.15) is 23.4 Å². The van der Waals surface area contributed by atoms with Crippen molar-refractivity contribution in [1.29, 1.82) is 0 Å². The van der Waals surface area contributed by atoms with Gasteiger partial charge in [-0.15, -0.1) is 0 Å². The minimum atomic E-state index is -0.578. The van der Waals surface area contributed by atoms with Gasteiger partial charge in [0.2, 0.25) is 0 Å². The van der Waals surface area contributed by atoms with Crippen LogP contribution in [0, 0.1) is 5.82 Å². The van der Waals surface area contributed by atoms with Gasteiger partial charge >= 0.3 is 0 Å². The molecule has 2 aliphatic rings. The zero-order valence-corrected chi connectivity index (χ0v) is 12.1. The van der Waals surface area contributed by atoms with Crippen molar-refractivity contribution in [2.24, 2.45) is 0 Å². The highest BCUT2D eigenvalue weighted by Crippen LogP contribution is 2.30. The minimum absolute atomic E-state index is 0.00348. The SMILES string of the molecule is O=C1C=C(Nc2cc(F)ccc2OC2COC2)C(=O)N1CCO. The second kappa shape index (κ2) is 6.35. The molecule has 0 radical (unpaired) electrons. The second-order valence-electron chi connectivity index (χ2n) is 5.12. The van der Waals surface area contributed by atoms with E-state index in [1.807, 2.05) is 0 Å². The lowest BCUT2D eigenvalue weighted by atomic mass is 10.2. The number of halogens is 1. The van der Waals surface area contributed by atoms with E-state index in [9.17, 15) is 14.0 Å². The maximum absolute atomic E-state index is 13.5. The molecule has 23 heavy (non-hydrogen) atoms. The van der Waals surface area contributed by atoms with Gasteiger partial charge in [-0.05, 0) is 12.1 Å². The molecule has 2 N–H and O–H groups in total. The summed E-state index contributed by atoms with van der Waals surface area (Å²) in [5.74, 6) is -1.25. The van der Waals surface area contributed by atoms with Crippen LogP contribution in [0.25, 0.3) is 0 Å². The number of amides is 2. The number of nitrogens with zero attached hydrogens (tertiary/aromatic N) is 1. The molecule has 1 aromatic carbocycles. The fourth-order valence-electron chi connectivity index (χ4n) is 2.22. The molecule has 1 saturated heterocycles. The summed E-state index contributed by atoms with van der Waals surface area (Å²) in [7, 11) is 0. The molecule has 2 heterocycles. The largest absolute Gasteiger partial charge is 0.483 e. The maximum Gasteiger partial charge on any atom is 0.277 e. The number of anilines is 1. The van der Waals surface area contributed by atoms with Crippen LogP contribution in [0.4, 0.5) is 10.1 Å². The van der Waals surface area contributed by atoms with Crippen molar-refractivity contribution in [2.75, 3.05) is 31.7 Å². The van der Waals surface area contributed by atoms with Crippen LogP contribution < -0.4 is 10.1 Å². The molecule has 0 bridgehead atoms. The first-order valence-corrected chi connectivity index (χ1v) is 7.08. The number of β-amino-alcohol motifs (C(OH)–C–C–N with tert-alkyl or cyclic N) is 1. The summed E-state index contributed by atoms with van der Waals surface area (Å²) in [5, 5.41) is 11.6. The smallest absolute Gasteiger partial charge is 0.277 e. The molecule has 0 aliphatic carbocycles. The molecule has 0 saturated carbocycles. The predicted molar refractivity (Wildman–Crippen MR) is 77.1 cm³/mol. The molecule has 1 fully saturated rings. The Morgan fingerprint density at radius 3 is 2.83 bits per heavy atom. The van der Waals surface area contributed by atoms with Crippen LogP contribution in [0.1, 0.15) is 0 Å². The minimum Gasteiger partial charge on any atom is -0.483 e. The van der Waals surface area contributed by atoms with E-state index in [-0.39, 0.29) is 30.6 Å². The Bertz CT molecular complexity index is 672. The molecule has 2 aliphatic heterocycles. The average molecular weight is 322 g/mol. The number of ether oxygens (including phenoxy) is 2. The van der Waals surface area contributed by atoms with Gasteiger partial charge in [-0.25, -0.2) is 4.39 Å². The van der Waals surface area contributed by atoms with Crippen molar-refractivity contribution in [3.05, 3.63) is 35.8 Å². The Morgan fingerprint density at radius 2 is 2.17 bits per heavy atom. The first-order chi connectivity index (χ1) is 11.1. The summed E-state index contributed by atoms with van der Waals surface area (Å²) in [6, 6.07) is 3.87. The number of carbonyl (C=O) groups excluding carboxylic acids is 2. The van der Waals surface area contributed by atoms with Gasteiger partial charge in [0.15, 0.2) is 0 Å². The van der Waals surface area contributed by atoms with Crippen LogP contribution >= 0.6 is 0 Å². The molecule has 122 valence electrons. The Kier molecular flexibility index (Phi) is 4.26. The van der Waals surface area contributed by atoms with E-state index in [0.29, 0.717) is 19.0 Å². The van der Waals surface area contributed by atoms with Gasteiger partial charge in [-0.3, -0.25) is 14.5 Å². The van der Waals surface area contributed by atoms with Gasteiger partial charge in [0.05, 0.1) is 32.1 Å². The molecule has 1 aromatic rings. The molecule has 0 spiro atoms. The summed E-state index contributed by atoms with van der Waals surface area (Å²) >= 11 is 0. The summed E-state index contributed by atoms with van der Waals surface area (Å²) < 4.78 is 24.2. The third kappa shape index (κ3) is 3.17. The van der Waals surface area contributed by atoms with Crippen molar-refractivity contribution in [3.8, 4) is 5.75 Å². The number of imide groups is 1. The maximum atomic E-state index is 13.5. The number of aliphatic hydroxyl groups is 1. The van der Waals surface area contributed by atoms with Crippen LogP contribution in [-0.4, -0.2) is 54.3 Å². The Hall–Kier alpha value is -2.45. The quantitative estimate of drug-likeness (QED) is 0.731. The van der Waals surface area contributed by atoms with E-state index >= 15 is 0 Å².